The Morgan fingerprint density at radius 1 is 1.17 bits per heavy atom. The van der Waals surface area contributed by atoms with Gasteiger partial charge in [0, 0.05) is 44.0 Å². The third-order valence-electron chi connectivity index (χ3n) is 5.99. The lowest BCUT2D eigenvalue weighted by atomic mass is 9.92. The Morgan fingerprint density at radius 2 is 1.94 bits per heavy atom. The minimum absolute atomic E-state index is 0.0823. The number of ether oxygens (including phenoxy) is 2. The molecule has 2 unspecified atom stereocenters. The van der Waals surface area contributed by atoms with Gasteiger partial charge in [0.2, 0.25) is 12.2 Å². The molecule has 1 aromatic heterocycles. The largest absolute Gasteiger partial charge is 0.459 e. The average Bonchev–Trinajstić information content (AvgIpc) is 3.26. The Bertz CT molecular complexity index is 1220. The highest BCUT2D eigenvalue weighted by Crippen LogP contribution is 2.36. The number of hydrogen-bond acceptors (Lipinski definition) is 5. The predicted octanol–water partition coefficient (Wildman–Crippen LogP) is 4.26. The minimum Gasteiger partial charge on any atom is -0.459 e. The Kier molecular flexibility index (Phi) is 7.94. The van der Waals surface area contributed by atoms with Gasteiger partial charge in [-0.05, 0) is 48.2 Å². The fourth-order valence-corrected chi connectivity index (χ4v) is 4.20. The monoisotopic (exact) mass is 480 g/mol. The van der Waals surface area contributed by atoms with Gasteiger partial charge in [-0.2, -0.15) is 0 Å². The molecule has 35 heavy (non-hydrogen) atoms. The van der Waals surface area contributed by atoms with Crippen molar-refractivity contribution in [3.63, 3.8) is 0 Å². The summed E-state index contributed by atoms with van der Waals surface area (Å²) in [6, 6.07) is 13.5. The second-order valence-electron chi connectivity index (χ2n) is 8.52. The van der Waals surface area contributed by atoms with E-state index in [1.54, 1.807) is 22.8 Å². The molecule has 2 atom stereocenters. The zero-order chi connectivity index (χ0) is 24.8. The number of fused-ring (bicyclic) bond motifs is 1. The lowest BCUT2D eigenvalue weighted by Gasteiger charge is -2.29. The number of aromatic nitrogens is 1. The maximum atomic E-state index is 13.2. The second kappa shape index (κ2) is 11.3. The Labute approximate surface area is 203 Å². The fraction of sp³-hybridized carbons (Fsp3) is 0.333. The number of allylic oxidation sites excluding steroid dienone is 1. The van der Waals surface area contributed by atoms with E-state index in [0.717, 1.165) is 22.0 Å². The summed E-state index contributed by atoms with van der Waals surface area (Å²) in [5.74, 6) is -0.929. The van der Waals surface area contributed by atoms with E-state index in [0.29, 0.717) is 25.9 Å². The molecule has 2 aromatic carbocycles. The summed E-state index contributed by atoms with van der Waals surface area (Å²) in [6.07, 6.45) is 4.68. The highest BCUT2D eigenvalue weighted by atomic mass is 19.1. The van der Waals surface area contributed by atoms with E-state index in [1.807, 2.05) is 30.5 Å². The van der Waals surface area contributed by atoms with Crippen LogP contribution >= 0.6 is 0 Å². The number of nitrogens with zero attached hydrogens (tertiary/aromatic N) is 1. The first-order chi connectivity index (χ1) is 17.0. The molecule has 1 aliphatic heterocycles. The van der Waals surface area contributed by atoms with Crippen molar-refractivity contribution in [2.45, 2.75) is 44.9 Å². The molecule has 0 fully saturated rings. The Morgan fingerprint density at radius 3 is 2.69 bits per heavy atom. The fourth-order valence-electron chi connectivity index (χ4n) is 4.20. The van der Waals surface area contributed by atoms with Crippen molar-refractivity contribution in [3.8, 4) is 0 Å². The first kappa shape index (κ1) is 24.6. The number of halogens is 1. The zero-order valence-electron chi connectivity index (χ0n) is 19.6. The summed E-state index contributed by atoms with van der Waals surface area (Å²) < 4.78 is 26.6. The Balaban J connectivity index is 1.59. The number of amides is 1. The van der Waals surface area contributed by atoms with Gasteiger partial charge in [-0.25, -0.2) is 4.39 Å². The summed E-state index contributed by atoms with van der Waals surface area (Å²) in [7, 11) is 0. The number of unbranched alkanes of at least 4 members (excludes halogenated alkanes) is 1. The van der Waals surface area contributed by atoms with Crippen LogP contribution in [0, 0.1) is 5.82 Å². The molecule has 8 heteroatoms. The van der Waals surface area contributed by atoms with Gasteiger partial charge < -0.3 is 19.9 Å². The van der Waals surface area contributed by atoms with Crippen molar-refractivity contribution < 1.29 is 28.6 Å². The summed E-state index contributed by atoms with van der Waals surface area (Å²) in [5.41, 5.74) is 2.47. The van der Waals surface area contributed by atoms with Gasteiger partial charge in [-0.1, -0.05) is 30.3 Å². The number of benzene rings is 2. The van der Waals surface area contributed by atoms with Gasteiger partial charge in [-0.15, -0.1) is 0 Å². The third-order valence-corrected chi connectivity index (χ3v) is 5.99. The molecule has 0 radical (unpaired) electrons. The molecular formula is C27H29FN2O5. The second-order valence-corrected chi connectivity index (χ2v) is 8.52. The summed E-state index contributed by atoms with van der Waals surface area (Å²) >= 11 is 0. The lowest BCUT2D eigenvalue weighted by molar-refractivity contribution is -0.146. The van der Waals surface area contributed by atoms with Crippen molar-refractivity contribution in [1.82, 2.24) is 9.88 Å². The SMILES string of the molecule is CC(=O)n1cc(C2C=C(C(=O)NCc3ccc(F)cc3)OC(OCCCCO)C2)c2ccccc21. The van der Waals surface area contributed by atoms with Gasteiger partial charge in [0.15, 0.2) is 5.76 Å². The molecule has 0 bridgehead atoms. The van der Waals surface area contributed by atoms with E-state index in [1.165, 1.54) is 19.1 Å². The molecule has 7 nitrogen and oxygen atoms in total. The molecule has 1 amide bonds. The maximum absolute atomic E-state index is 13.2. The van der Waals surface area contributed by atoms with Gasteiger partial charge in [0.25, 0.3) is 5.91 Å². The number of carbonyl (C=O) groups is 2. The number of carbonyl (C=O) groups excluding carboxylic acids is 2. The number of hydrogen-bond donors (Lipinski definition) is 2. The van der Waals surface area contributed by atoms with Crippen LogP contribution in [-0.2, 0) is 20.8 Å². The number of aliphatic hydroxyl groups excluding tert-OH is 1. The van der Waals surface area contributed by atoms with Crippen molar-refractivity contribution in [1.29, 1.82) is 0 Å². The normalized spacial score (nSPS) is 17.6. The van der Waals surface area contributed by atoms with E-state index in [2.05, 4.69) is 5.32 Å². The predicted molar refractivity (Wildman–Crippen MR) is 129 cm³/mol. The molecule has 2 heterocycles. The van der Waals surface area contributed by atoms with E-state index in [4.69, 9.17) is 14.6 Å². The van der Waals surface area contributed by atoms with Crippen LogP contribution in [0.25, 0.3) is 10.9 Å². The topological polar surface area (TPSA) is 89.8 Å². The van der Waals surface area contributed by atoms with Crippen LogP contribution in [0.1, 0.15) is 48.0 Å². The molecule has 4 rings (SSSR count). The molecule has 2 N–H and O–H groups in total. The molecular weight excluding hydrogens is 451 g/mol. The van der Waals surface area contributed by atoms with Gasteiger partial charge in [-0.3, -0.25) is 14.2 Å². The van der Waals surface area contributed by atoms with Crippen LogP contribution in [0.5, 0.6) is 0 Å². The summed E-state index contributed by atoms with van der Waals surface area (Å²) in [5, 5.41) is 12.8. The molecule has 3 aromatic rings. The maximum Gasteiger partial charge on any atom is 0.286 e. The lowest BCUT2D eigenvalue weighted by Crippen LogP contribution is -2.32. The van der Waals surface area contributed by atoms with Crippen LogP contribution in [0.3, 0.4) is 0 Å². The van der Waals surface area contributed by atoms with E-state index < -0.39 is 12.2 Å². The number of aliphatic hydroxyl groups is 1. The van der Waals surface area contributed by atoms with E-state index in [-0.39, 0.29) is 36.6 Å². The molecule has 0 aliphatic carbocycles. The van der Waals surface area contributed by atoms with Crippen LogP contribution in [0.2, 0.25) is 0 Å². The molecule has 1 aliphatic rings. The number of nitrogens with one attached hydrogen (secondary N) is 1. The summed E-state index contributed by atoms with van der Waals surface area (Å²) in [4.78, 5) is 25.2. The first-order valence-corrected chi connectivity index (χ1v) is 11.7. The van der Waals surface area contributed by atoms with Gasteiger partial charge >= 0.3 is 0 Å². The number of rotatable bonds is 9. The highest BCUT2D eigenvalue weighted by Gasteiger charge is 2.30. The van der Waals surface area contributed by atoms with Crippen molar-refractivity contribution in [2.75, 3.05) is 13.2 Å². The van der Waals surface area contributed by atoms with Crippen molar-refractivity contribution in [3.05, 3.63) is 83.5 Å². The smallest absolute Gasteiger partial charge is 0.286 e. The van der Waals surface area contributed by atoms with Gasteiger partial charge in [0.1, 0.15) is 5.82 Å². The van der Waals surface area contributed by atoms with Crippen LogP contribution in [0.15, 0.2) is 66.6 Å². The molecule has 0 saturated heterocycles. The van der Waals surface area contributed by atoms with E-state index >= 15 is 0 Å². The molecule has 184 valence electrons. The van der Waals surface area contributed by atoms with Crippen LogP contribution in [-0.4, -0.2) is 41.0 Å². The van der Waals surface area contributed by atoms with Gasteiger partial charge in [0.05, 0.1) is 12.1 Å². The number of para-hydroxylation sites is 1. The first-order valence-electron chi connectivity index (χ1n) is 11.7. The molecule has 0 spiro atoms. The van der Waals surface area contributed by atoms with Crippen LogP contribution in [0.4, 0.5) is 4.39 Å². The average molecular weight is 481 g/mol. The van der Waals surface area contributed by atoms with E-state index in [9.17, 15) is 14.0 Å². The van der Waals surface area contributed by atoms with Crippen molar-refractivity contribution in [2.24, 2.45) is 0 Å². The van der Waals surface area contributed by atoms with Crippen molar-refractivity contribution >= 4 is 22.7 Å². The van der Waals surface area contributed by atoms with Crippen LogP contribution < -0.4 is 5.32 Å². The zero-order valence-corrected chi connectivity index (χ0v) is 19.6. The Hall–Kier alpha value is -3.49. The molecule has 0 saturated carbocycles. The summed E-state index contributed by atoms with van der Waals surface area (Å²) in [6.45, 7) is 2.20. The standard InChI is InChI=1S/C27H29FN2O5/c1-18(32)30-17-23(22-6-2-3-7-24(22)30)20-14-25(35-26(15-20)34-13-5-4-12-31)27(33)29-16-19-8-10-21(28)11-9-19/h2-3,6-11,14,17,20,26,31H,4-5,12-13,15-16H2,1H3,(H,29,33). The minimum atomic E-state index is -0.658. The quantitative estimate of drug-likeness (QED) is 0.447. The highest BCUT2D eigenvalue weighted by molar-refractivity contribution is 5.95. The third kappa shape index (κ3) is 5.96.